The first-order valence-corrected chi connectivity index (χ1v) is 8.93. The van der Waals surface area contributed by atoms with Crippen LogP contribution >= 0.6 is 0 Å². The minimum atomic E-state index is -0.388. The lowest BCUT2D eigenvalue weighted by atomic mass is 9.85. The summed E-state index contributed by atoms with van der Waals surface area (Å²) >= 11 is 0. The van der Waals surface area contributed by atoms with E-state index < -0.39 is 0 Å². The van der Waals surface area contributed by atoms with Gasteiger partial charge in [0.05, 0.1) is 11.2 Å². The van der Waals surface area contributed by atoms with Gasteiger partial charge >= 0.3 is 0 Å². The quantitative estimate of drug-likeness (QED) is 0.646. The minimum Gasteiger partial charge on any atom is -0.507 e. The Morgan fingerprint density at radius 1 is 0.960 bits per heavy atom. The van der Waals surface area contributed by atoms with Gasteiger partial charge in [0.15, 0.2) is 6.23 Å². The largest absolute Gasteiger partial charge is 0.507 e. The van der Waals surface area contributed by atoms with Gasteiger partial charge in [-0.2, -0.15) is 0 Å². The van der Waals surface area contributed by atoms with E-state index in [1.165, 1.54) is 5.56 Å². The van der Waals surface area contributed by atoms with E-state index in [1.54, 1.807) is 6.07 Å². The Bertz CT molecular complexity index is 915. The number of ether oxygens (including phenoxy) is 1. The average Bonchev–Trinajstić information content (AvgIpc) is 2.67. The second kappa shape index (κ2) is 6.08. The van der Waals surface area contributed by atoms with E-state index in [0.29, 0.717) is 0 Å². The maximum Gasteiger partial charge on any atom is 0.159 e. The molecule has 3 heteroatoms. The summed E-state index contributed by atoms with van der Waals surface area (Å²) in [5.41, 5.74) is 2.72. The minimum absolute atomic E-state index is 0.261. The lowest BCUT2D eigenvalue weighted by Crippen LogP contribution is -2.38. The van der Waals surface area contributed by atoms with Crippen LogP contribution in [0, 0.1) is 0 Å². The van der Waals surface area contributed by atoms with E-state index >= 15 is 0 Å². The molecule has 1 heterocycles. The van der Waals surface area contributed by atoms with Gasteiger partial charge in [0, 0.05) is 11.3 Å². The predicted octanol–water partition coefficient (Wildman–Crippen LogP) is 5.70. The molecule has 2 N–H and O–H groups in total. The van der Waals surface area contributed by atoms with Crippen molar-refractivity contribution in [1.82, 2.24) is 0 Å². The Kier molecular flexibility index (Phi) is 3.89. The van der Waals surface area contributed by atoms with Crippen LogP contribution in [0.1, 0.15) is 44.0 Å². The Labute approximate surface area is 148 Å². The van der Waals surface area contributed by atoms with Crippen LogP contribution in [0.25, 0.3) is 10.8 Å². The third-order valence-electron chi connectivity index (χ3n) is 5.40. The summed E-state index contributed by atoms with van der Waals surface area (Å²) in [6, 6.07) is 20.1. The third kappa shape index (κ3) is 2.47. The second-order valence-corrected chi connectivity index (χ2v) is 6.61. The molecule has 0 spiro atoms. The topological polar surface area (TPSA) is 41.5 Å². The van der Waals surface area contributed by atoms with Gasteiger partial charge in [-0.1, -0.05) is 62.4 Å². The van der Waals surface area contributed by atoms with Crippen molar-refractivity contribution >= 4 is 16.5 Å². The fraction of sp³-hybridized carbons (Fsp3) is 0.273. The van der Waals surface area contributed by atoms with Gasteiger partial charge in [-0.15, -0.1) is 0 Å². The van der Waals surface area contributed by atoms with Crippen molar-refractivity contribution in [2.75, 3.05) is 5.32 Å². The van der Waals surface area contributed by atoms with E-state index in [9.17, 15) is 5.11 Å². The smallest absolute Gasteiger partial charge is 0.159 e. The first-order chi connectivity index (χ1) is 12.2. The van der Waals surface area contributed by atoms with Gasteiger partial charge < -0.3 is 15.2 Å². The van der Waals surface area contributed by atoms with E-state index in [2.05, 4.69) is 43.4 Å². The molecule has 3 aromatic carbocycles. The summed E-state index contributed by atoms with van der Waals surface area (Å²) in [7, 11) is 0. The molecule has 3 aromatic rings. The molecule has 3 nitrogen and oxygen atoms in total. The van der Waals surface area contributed by atoms with Gasteiger partial charge in [0.2, 0.25) is 0 Å². The van der Waals surface area contributed by atoms with Gasteiger partial charge in [-0.25, -0.2) is 0 Å². The molecule has 25 heavy (non-hydrogen) atoms. The molecule has 1 unspecified atom stereocenters. The normalized spacial score (nSPS) is 18.6. The van der Waals surface area contributed by atoms with Crippen molar-refractivity contribution in [3.05, 3.63) is 71.8 Å². The van der Waals surface area contributed by atoms with Crippen molar-refractivity contribution in [2.45, 2.75) is 38.5 Å². The molecule has 0 amide bonds. The monoisotopic (exact) mass is 333 g/mol. The van der Waals surface area contributed by atoms with E-state index in [-0.39, 0.29) is 17.6 Å². The molecule has 0 saturated carbocycles. The summed E-state index contributed by atoms with van der Waals surface area (Å²) in [6.45, 7) is 4.32. The number of para-hydroxylation sites is 1. The number of phenols is 1. The number of hydrogen-bond donors (Lipinski definition) is 2. The van der Waals surface area contributed by atoms with Gasteiger partial charge in [-0.3, -0.25) is 0 Å². The summed E-state index contributed by atoms with van der Waals surface area (Å²) in [5, 5.41) is 16.2. The molecule has 0 saturated heterocycles. The Morgan fingerprint density at radius 3 is 2.48 bits per heavy atom. The lowest BCUT2D eigenvalue weighted by molar-refractivity contribution is -0.103. The summed E-state index contributed by atoms with van der Waals surface area (Å²) < 4.78 is 6.60. The van der Waals surface area contributed by atoms with Crippen LogP contribution in [0.5, 0.6) is 5.75 Å². The van der Waals surface area contributed by atoms with Gasteiger partial charge in [0.25, 0.3) is 0 Å². The van der Waals surface area contributed by atoms with Crippen LogP contribution in [0.3, 0.4) is 0 Å². The van der Waals surface area contributed by atoms with E-state index in [4.69, 9.17) is 4.74 Å². The van der Waals surface area contributed by atoms with Crippen LogP contribution < -0.4 is 5.32 Å². The van der Waals surface area contributed by atoms with Crippen molar-refractivity contribution in [2.24, 2.45) is 0 Å². The van der Waals surface area contributed by atoms with Crippen LogP contribution in [-0.4, -0.2) is 5.11 Å². The number of nitrogens with one attached hydrogen (secondary N) is 1. The number of phenolic OH excluding ortho intramolecular Hbond substituents is 1. The Morgan fingerprint density at radius 2 is 1.68 bits per heavy atom. The zero-order valence-electron chi connectivity index (χ0n) is 14.6. The maximum atomic E-state index is 10.6. The zero-order valence-corrected chi connectivity index (χ0v) is 14.6. The first-order valence-electron chi connectivity index (χ1n) is 8.93. The van der Waals surface area contributed by atoms with Crippen LogP contribution in [-0.2, 0) is 10.3 Å². The van der Waals surface area contributed by atoms with Crippen LogP contribution in [0.2, 0.25) is 0 Å². The lowest BCUT2D eigenvalue weighted by Gasteiger charge is -2.43. The Balaban J connectivity index is 1.90. The number of benzene rings is 3. The molecule has 1 atom stereocenters. The Hall–Kier alpha value is -2.52. The number of hydrogen-bond acceptors (Lipinski definition) is 3. The molecule has 1 aliphatic heterocycles. The predicted molar refractivity (Wildman–Crippen MR) is 102 cm³/mol. The molecular weight excluding hydrogens is 310 g/mol. The highest BCUT2D eigenvalue weighted by molar-refractivity contribution is 5.88. The number of fused-ring (bicyclic) bond motifs is 2. The van der Waals surface area contributed by atoms with Crippen molar-refractivity contribution in [3.8, 4) is 5.75 Å². The maximum absolute atomic E-state index is 10.6. The van der Waals surface area contributed by atoms with Crippen molar-refractivity contribution < 1.29 is 9.84 Å². The van der Waals surface area contributed by atoms with Crippen LogP contribution in [0.15, 0.2) is 60.7 Å². The molecule has 0 aromatic heterocycles. The molecule has 0 fully saturated rings. The van der Waals surface area contributed by atoms with E-state index in [1.807, 2.05) is 30.3 Å². The van der Waals surface area contributed by atoms with Gasteiger partial charge in [-0.05, 0) is 35.7 Å². The summed E-state index contributed by atoms with van der Waals surface area (Å²) in [5.74, 6) is 0.261. The van der Waals surface area contributed by atoms with Crippen molar-refractivity contribution in [1.29, 1.82) is 0 Å². The van der Waals surface area contributed by atoms with Crippen molar-refractivity contribution in [3.63, 3.8) is 0 Å². The fourth-order valence-electron chi connectivity index (χ4n) is 3.95. The average molecular weight is 333 g/mol. The number of aromatic hydroxyl groups is 1. The number of rotatable bonds is 3. The first kappa shape index (κ1) is 16.0. The molecule has 128 valence electrons. The number of anilines is 1. The molecule has 0 radical (unpaired) electrons. The fourth-order valence-corrected chi connectivity index (χ4v) is 3.95. The van der Waals surface area contributed by atoms with E-state index in [0.717, 1.165) is 34.9 Å². The highest BCUT2D eigenvalue weighted by Gasteiger charge is 2.40. The molecule has 1 aliphatic rings. The summed E-state index contributed by atoms with van der Waals surface area (Å²) in [4.78, 5) is 0. The molecule has 4 rings (SSSR count). The highest BCUT2D eigenvalue weighted by Crippen LogP contribution is 2.48. The standard InChI is InChI=1S/C22H23NO2/c1-3-22(4-2)17-11-7-8-12-18(17)23-21(25-22)20-16-10-6-5-9-15(16)13-14-19(20)24/h5-14,21,23-24H,3-4H2,1-2H3. The second-order valence-electron chi connectivity index (χ2n) is 6.61. The highest BCUT2D eigenvalue weighted by atomic mass is 16.5. The SMILES string of the molecule is CCC1(CC)OC(c2c(O)ccc3ccccc23)Nc2ccccc21. The summed E-state index contributed by atoms with van der Waals surface area (Å²) in [6.07, 6.45) is 1.37. The molecule has 0 bridgehead atoms. The van der Waals surface area contributed by atoms with Gasteiger partial charge in [0.1, 0.15) is 5.75 Å². The molecule has 0 aliphatic carbocycles. The third-order valence-corrected chi connectivity index (χ3v) is 5.40. The molecular formula is C22H23NO2. The zero-order chi connectivity index (χ0) is 17.4. The van der Waals surface area contributed by atoms with Crippen LogP contribution in [0.4, 0.5) is 5.69 Å².